The number of phenols is 4. The molecule has 1 saturated heterocycles. The second-order valence-corrected chi connectivity index (χ2v) is 11.8. The molecule has 4 aliphatic heterocycles. The third-order valence-electron chi connectivity index (χ3n) is 9.71. The molecule has 0 spiro atoms. The van der Waals surface area contributed by atoms with Gasteiger partial charge in [0, 0.05) is 34.0 Å². The van der Waals surface area contributed by atoms with Crippen molar-refractivity contribution in [1.29, 1.82) is 5.26 Å². The van der Waals surface area contributed by atoms with Crippen LogP contribution in [0.25, 0.3) is 6.08 Å². The van der Waals surface area contributed by atoms with Gasteiger partial charge in [-0.1, -0.05) is 18.2 Å². The van der Waals surface area contributed by atoms with Crippen molar-refractivity contribution in [3.63, 3.8) is 0 Å². The van der Waals surface area contributed by atoms with E-state index in [1.165, 1.54) is 14.0 Å². The van der Waals surface area contributed by atoms with Crippen molar-refractivity contribution >= 4 is 17.9 Å². The minimum Gasteiger partial charge on any atom is -0.507 e. The van der Waals surface area contributed by atoms with Crippen molar-refractivity contribution in [3.05, 3.63) is 80.5 Å². The van der Waals surface area contributed by atoms with Gasteiger partial charge < -0.3 is 30.1 Å². The lowest BCUT2D eigenvalue weighted by molar-refractivity contribution is 0.0111. The van der Waals surface area contributed by atoms with E-state index in [1.54, 1.807) is 35.2 Å². The van der Waals surface area contributed by atoms with Gasteiger partial charge in [0.05, 0.1) is 42.9 Å². The highest BCUT2D eigenvalue weighted by atomic mass is 16.5. The fraction of sp³-hybridized carbons (Fsp3) is 0.303. The number of methoxy groups -OCH3 is 1. The van der Waals surface area contributed by atoms with Gasteiger partial charge in [0.15, 0.2) is 23.0 Å². The molecule has 4 atom stereocenters. The number of ether oxygens (including phenoxy) is 1. The molecule has 11 nitrogen and oxygen atoms in total. The van der Waals surface area contributed by atoms with Gasteiger partial charge in [-0.25, -0.2) is 0 Å². The van der Waals surface area contributed by atoms with E-state index in [-0.39, 0.29) is 51.9 Å². The molecule has 2 bridgehead atoms. The summed E-state index contributed by atoms with van der Waals surface area (Å²) >= 11 is 0. The molecular formula is C33H30N4O7. The van der Waals surface area contributed by atoms with Crippen LogP contribution >= 0.6 is 0 Å². The first-order valence-electron chi connectivity index (χ1n) is 14.2. The van der Waals surface area contributed by atoms with Crippen molar-refractivity contribution < 1.29 is 34.8 Å². The van der Waals surface area contributed by atoms with E-state index in [1.807, 2.05) is 24.9 Å². The van der Waals surface area contributed by atoms with Gasteiger partial charge in [-0.2, -0.15) is 5.26 Å². The van der Waals surface area contributed by atoms with E-state index in [9.17, 15) is 35.3 Å². The van der Waals surface area contributed by atoms with Crippen LogP contribution in [0.1, 0.15) is 66.2 Å². The molecule has 4 aliphatic rings. The topological polar surface area (TPSA) is 158 Å². The summed E-state index contributed by atoms with van der Waals surface area (Å²) in [5, 5.41) is 55.7. The summed E-state index contributed by atoms with van der Waals surface area (Å²) < 4.78 is 5.54. The maximum Gasteiger partial charge on any atom is 0.261 e. The highest BCUT2D eigenvalue weighted by Crippen LogP contribution is 2.58. The standard InChI is InChI=1S/C33H30N4O7/c1-14-9-16-10-20-22(12-34)37-21(26(35(20)3)24(16)30(41)31(14)44-4)11-19-25(29(40)28(39)15(2)27(19)38)23(37)13-36-32(42)17-7-5-6-8-18(17)33(36)43/h5-9,11,20,22-23,26,38-41H,10,13H2,1-4H3/t20-,22?,23-,26-/m0/s1. The van der Waals surface area contributed by atoms with E-state index in [0.717, 1.165) is 16.0 Å². The fourth-order valence-electron chi connectivity index (χ4n) is 7.62. The average Bonchev–Trinajstić information content (AvgIpc) is 3.24. The van der Waals surface area contributed by atoms with Crippen molar-refractivity contribution in [3.8, 4) is 34.8 Å². The molecule has 3 aromatic carbocycles. The highest BCUT2D eigenvalue weighted by molar-refractivity contribution is 6.21. The number of benzene rings is 3. The first kappa shape index (κ1) is 27.6. The van der Waals surface area contributed by atoms with Gasteiger partial charge in [-0.05, 0) is 56.7 Å². The third-order valence-corrected chi connectivity index (χ3v) is 9.71. The zero-order valence-electron chi connectivity index (χ0n) is 24.5. The van der Waals surface area contributed by atoms with Crippen LogP contribution < -0.4 is 4.74 Å². The van der Waals surface area contributed by atoms with Gasteiger partial charge in [-0.3, -0.25) is 19.4 Å². The number of aryl methyl sites for hydroxylation is 1. The van der Waals surface area contributed by atoms with Gasteiger partial charge in [0.2, 0.25) is 0 Å². The van der Waals surface area contributed by atoms with Crippen LogP contribution in [0.4, 0.5) is 0 Å². The Kier molecular flexibility index (Phi) is 5.90. The number of aromatic hydroxyl groups is 4. The number of piperazine rings is 1. The molecule has 3 aromatic rings. The lowest BCUT2D eigenvalue weighted by Crippen LogP contribution is -2.62. The Morgan fingerprint density at radius 3 is 2.25 bits per heavy atom. The van der Waals surface area contributed by atoms with Crippen molar-refractivity contribution in [2.45, 2.75) is 44.4 Å². The number of likely N-dealkylation sites (N-methyl/N-ethyl adjacent to an activating group) is 1. The molecule has 11 heteroatoms. The summed E-state index contributed by atoms with van der Waals surface area (Å²) in [6, 6.07) is 7.99. The molecule has 2 amide bonds. The zero-order valence-corrected chi connectivity index (χ0v) is 24.5. The summed E-state index contributed by atoms with van der Waals surface area (Å²) in [7, 11) is 3.34. The van der Waals surface area contributed by atoms with Gasteiger partial charge in [0.1, 0.15) is 11.8 Å². The van der Waals surface area contributed by atoms with Crippen molar-refractivity contribution in [1.82, 2.24) is 14.7 Å². The number of amides is 2. The average molecular weight is 595 g/mol. The first-order chi connectivity index (χ1) is 21.0. The lowest BCUT2D eigenvalue weighted by Gasteiger charge is -2.57. The van der Waals surface area contributed by atoms with Crippen LogP contribution in [0, 0.1) is 25.2 Å². The minimum atomic E-state index is -1.02. The first-order valence-corrected chi connectivity index (χ1v) is 14.2. The van der Waals surface area contributed by atoms with Gasteiger partial charge in [-0.15, -0.1) is 0 Å². The minimum absolute atomic E-state index is 0.0364. The number of carbonyl (C=O) groups is 2. The fourth-order valence-corrected chi connectivity index (χ4v) is 7.62. The van der Waals surface area contributed by atoms with Crippen LogP contribution in [-0.4, -0.2) is 79.7 Å². The molecule has 0 saturated carbocycles. The Morgan fingerprint density at radius 1 is 0.977 bits per heavy atom. The Labute approximate surface area is 253 Å². The van der Waals surface area contributed by atoms with Crippen LogP contribution in [0.3, 0.4) is 0 Å². The summed E-state index contributed by atoms with van der Waals surface area (Å²) in [5.74, 6) is -2.07. The smallest absolute Gasteiger partial charge is 0.261 e. The van der Waals surface area contributed by atoms with E-state index in [4.69, 9.17) is 4.74 Å². The highest BCUT2D eigenvalue weighted by Gasteiger charge is 2.54. The molecule has 0 aliphatic carbocycles. The molecule has 4 N–H and O–H groups in total. The maximum atomic E-state index is 13.5. The lowest BCUT2D eigenvalue weighted by atomic mass is 9.75. The molecule has 0 aromatic heterocycles. The third kappa shape index (κ3) is 3.40. The molecule has 224 valence electrons. The number of nitrogens with zero attached hydrogens (tertiary/aromatic N) is 4. The predicted molar refractivity (Wildman–Crippen MR) is 157 cm³/mol. The van der Waals surface area contributed by atoms with Gasteiger partial charge >= 0.3 is 0 Å². The number of imide groups is 1. The molecule has 1 fully saturated rings. The molecule has 4 heterocycles. The largest absolute Gasteiger partial charge is 0.507 e. The number of carbonyl (C=O) groups excluding carboxylic acids is 2. The second kappa shape index (κ2) is 9.39. The Bertz CT molecular complexity index is 1860. The van der Waals surface area contributed by atoms with Crippen LogP contribution in [0.15, 0.2) is 36.0 Å². The van der Waals surface area contributed by atoms with Crippen molar-refractivity contribution in [2.75, 3.05) is 20.7 Å². The summed E-state index contributed by atoms with van der Waals surface area (Å²) in [5.41, 5.74) is 3.54. The molecule has 0 radical (unpaired) electrons. The maximum absolute atomic E-state index is 13.5. The summed E-state index contributed by atoms with van der Waals surface area (Å²) in [4.78, 5) is 31.9. The quantitative estimate of drug-likeness (QED) is 0.201. The normalized spacial score (nSPS) is 23.4. The number of nitriles is 1. The van der Waals surface area contributed by atoms with Crippen LogP contribution in [0.2, 0.25) is 0 Å². The Morgan fingerprint density at radius 2 is 1.64 bits per heavy atom. The summed E-state index contributed by atoms with van der Waals surface area (Å²) in [6.45, 7) is 3.03. The van der Waals surface area contributed by atoms with E-state index in [2.05, 4.69) is 6.07 Å². The van der Waals surface area contributed by atoms with Crippen LogP contribution in [0.5, 0.6) is 28.7 Å². The number of phenolic OH excluding ortho intramolecular Hbond substituents is 4. The number of hydrogen-bond donors (Lipinski definition) is 4. The molecule has 1 unspecified atom stereocenters. The predicted octanol–water partition coefficient (Wildman–Crippen LogP) is 3.63. The monoisotopic (exact) mass is 594 g/mol. The SMILES string of the molecule is COc1c(C)cc2c(c1O)[C@@H]1C3=Cc4c(O)c(C)c(O)c(O)c4[C@H](CN4C(=O)c5ccccc5C4=O)N3C(C#N)[C@H](C2)N1C. The number of hydrogen-bond acceptors (Lipinski definition) is 10. The Balaban J connectivity index is 1.48. The summed E-state index contributed by atoms with van der Waals surface area (Å²) in [6.07, 6.45) is 2.06. The molecular weight excluding hydrogens is 564 g/mol. The van der Waals surface area contributed by atoms with E-state index in [0.29, 0.717) is 23.4 Å². The number of rotatable bonds is 3. The molecule has 7 rings (SSSR count). The van der Waals surface area contributed by atoms with Crippen molar-refractivity contribution in [2.24, 2.45) is 0 Å². The van der Waals surface area contributed by atoms with E-state index < -0.39 is 41.4 Å². The second-order valence-electron chi connectivity index (χ2n) is 11.8. The van der Waals surface area contributed by atoms with Gasteiger partial charge in [0.25, 0.3) is 11.8 Å². The Hall–Kier alpha value is -5.21. The van der Waals surface area contributed by atoms with Crippen LogP contribution in [-0.2, 0) is 6.42 Å². The molecule has 44 heavy (non-hydrogen) atoms. The van der Waals surface area contributed by atoms with E-state index >= 15 is 0 Å². The zero-order chi connectivity index (χ0) is 31.4. The number of fused-ring (bicyclic) bond motifs is 8.